The van der Waals surface area contributed by atoms with Gasteiger partial charge in [0.05, 0.1) is 52.4 Å². The molecule has 0 aromatic rings. The van der Waals surface area contributed by atoms with E-state index in [0.717, 1.165) is 26.2 Å². The maximum atomic E-state index is 5.62. The van der Waals surface area contributed by atoms with E-state index >= 15 is 0 Å². The van der Waals surface area contributed by atoms with E-state index in [9.17, 15) is 0 Å². The third-order valence-electron chi connectivity index (χ3n) is 2.70. The first-order chi connectivity index (χ1) is 9.39. The zero-order valence-corrected chi connectivity index (χ0v) is 12.0. The average molecular weight is 276 g/mol. The van der Waals surface area contributed by atoms with Crippen molar-refractivity contribution in [2.24, 2.45) is 0 Å². The summed E-state index contributed by atoms with van der Waals surface area (Å²) in [7, 11) is 0. The van der Waals surface area contributed by atoms with Gasteiger partial charge in [-0.25, -0.2) is 0 Å². The molecule has 1 aliphatic heterocycles. The molecule has 0 saturated carbocycles. The van der Waals surface area contributed by atoms with Crippen LogP contribution in [0.15, 0.2) is 0 Å². The van der Waals surface area contributed by atoms with E-state index in [4.69, 9.17) is 18.9 Å². The van der Waals surface area contributed by atoms with Gasteiger partial charge in [-0.2, -0.15) is 0 Å². The topological polar surface area (TPSA) is 61.0 Å². The highest BCUT2D eigenvalue weighted by Gasteiger charge is 2.01. The van der Waals surface area contributed by atoms with Crippen LogP contribution >= 0.6 is 0 Å². The fourth-order valence-electron chi connectivity index (χ4n) is 1.65. The first-order valence-electron chi connectivity index (χ1n) is 7.16. The van der Waals surface area contributed by atoms with Crippen LogP contribution in [0.25, 0.3) is 0 Å². The van der Waals surface area contributed by atoms with Gasteiger partial charge in [0.2, 0.25) is 0 Å². The molecule has 0 radical (unpaired) electrons. The highest BCUT2D eigenvalue weighted by atomic mass is 16.5. The number of hydrogen-bond acceptors (Lipinski definition) is 6. The van der Waals surface area contributed by atoms with Gasteiger partial charge in [0.25, 0.3) is 0 Å². The molecule has 0 amide bonds. The third kappa shape index (κ3) is 11.3. The second kappa shape index (κ2) is 12.8. The first kappa shape index (κ1) is 16.8. The van der Waals surface area contributed by atoms with Crippen molar-refractivity contribution >= 4 is 0 Å². The van der Waals surface area contributed by atoms with Crippen LogP contribution in [0.5, 0.6) is 0 Å². The summed E-state index contributed by atoms with van der Waals surface area (Å²) in [5.74, 6) is 0. The molecule has 1 unspecified atom stereocenters. The van der Waals surface area contributed by atoms with Crippen molar-refractivity contribution in [3.05, 3.63) is 0 Å². The smallest absolute Gasteiger partial charge is 0.0704 e. The standard InChI is InChI=1S/C13H28N2O4/c1-13-12-15-4-7-17-9-8-16-5-2-14-3-6-18-10-11-19-13/h13-15H,2-12H2,1H3. The lowest BCUT2D eigenvalue weighted by atomic mass is 10.4. The number of rotatable bonds is 0. The molecule has 1 saturated heterocycles. The van der Waals surface area contributed by atoms with Crippen LogP contribution in [0, 0.1) is 0 Å². The predicted molar refractivity (Wildman–Crippen MR) is 73.6 cm³/mol. The van der Waals surface area contributed by atoms with Gasteiger partial charge in [-0.3, -0.25) is 0 Å². The van der Waals surface area contributed by atoms with E-state index in [1.807, 2.05) is 0 Å². The van der Waals surface area contributed by atoms with Gasteiger partial charge in [-0.05, 0) is 6.92 Å². The monoisotopic (exact) mass is 276 g/mol. The Kier molecular flexibility index (Phi) is 11.3. The van der Waals surface area contributed by atoms with Crippen molar-refractivity contribution in [2.75, 3.05) is 72.4 Å². The molecule has 1 aliphatic rings. The molecule has 1 atom stereocenters. The third-order valence-corrected chi connectivity index (χ3v) is 2.70. The Morgan fingerprint density at radius 3 is 1.84 bits per heavy atom. The molecule has 1 fully saturated rings. The summed E-state index contributed by atoms with van der Waals surface area (Å²) in [6.45, 7) is 10.1. The SMILES string of the molecule is CC1CNCCOCCOCCNCCOCCO1. The number of nitrogens with one attached hydrogen (secondary N) is 2. The lowest BCUT2D eigenvalue weighted by molar-refractivity contribution is 0.0102. The van der Waals surface area contributed by atoms with Crippen molar-refractivity contribution in [1.82, 2.24) is 10.6 Å². The minimum absolute atomic E-state index is 0.198. The molecule has 6 nitrogen and oxygen atoms in total. The molecule has 1 rings (SSSR count). The minimum Gasteiger partial charge on any atom is -0.378 e. The molecule has 2 N–H and O–H groups in total. The maximum Gasteiger partial charge on any atom is 0.0704 e. The quantitative estimate of drug-likeness (QED) is 0.630. The molecule has 0 aromatic carbocycles. The molecule has 19 heavy (non-hydrogen) atoms. The summed E-state index contributed by atoms with van der Waals surface area (Å²) >= 11 is 0. The maximum absolute atomic E-state index is 5.62. The van der Waals surface area contributed by atoms with Gasteiger partial charge < -0.3 is 29.6 Å². The largest absolute Gasteiger partial charge is 0.378 e. The second-order valence-electron chi connectivity index (χ2n) is 4.47. The summed E-state index contributed by atoms with van der Waals surface area (Å²) in [4.78, 5) is 0. The summed E-state index contributed by atoms with van der Waals surface area (Å²) < 4.78 is 22.0. The Morgan fingerprint density at radius 1 is 0.684 bits per heavy atom. The zero-order valence-electron chi connectivity index (χ0n) is 12.0. The van der Waals surface area contributed by atoms with Crippen LogP contribution < -0.4 is 10.6 Å². The van der Waals surface area contributed by atoms with Crippen LogP contribution in [-0.2, 0) is 18.9 Å². The van der Waals surface area contributed by atoms with Crippen LogP contribution in [0.3, 0.4) is 0 Å². The highest BCUT2D eigenvalue weighted by molar-refractivity contribution is 4.55. The second-order valence-corrected chi connectivity index (χ2v) is 4.47. The molecule has 0 aliphatic carbocycles. The predicted octanol–water partition coefficient (Wildman–Crippen LogP) is -0.366. The molecule has 0 spiro atoms. The van der Waals surface area contributed by atoms with Crippen molar-refractivity contribution in [2.45, 2.75) is 13.0 Å². The summed E-state index contributed by atoms with van der Waals surface area (Å²) in [5, 5.41) is 6.55. The van der Waals surface area contributed by atoms with Crippen LogP contribution in [0.1, 0.15) is 6.92 Å². The normalized spacial score (nSPS) is 27.3. The van der Waals surface area contributed by atoms with Gasteiger partial charge in [-0.15, -0.1) is 0 Å². The van der Waals surface area contributed by atoms with Crippen LogP contribution in [0.4, 0.5) is 0 Å². The highest BCUT2D eigenvalue weighted by Crippen LogP contribution is 1.89. The lowest BCUT2D eigenvalue weighted by Crippen LogP contribution is -2.31. The Labute approximate surface area is 116 Å². The van der Waals surface area contributed by atoms with Crippen molar-refractivity contribution in [3.63, 3.8) is 0 Å². The molecule has 6 heteroatoms. The van der Waals surface area contributed by atoms with E-state index in [-0.39, 0.29) is 6.10 Å². The Hall–Kier alpha value is -0.240. The fourth-order valence-corrected chi connectivity index (χ4v) is 1.65. The van der Waals surface area contributed by atoms with Gasteiger partial charge in [0.15, 0.2) is 0 Å². The van der Waals surface area contributed by atoms with Crippen molar-refractivity contribution in [3.8, 4) is 0 Å². The van der Waals surface area contributed by atoms with Gasteiger partial charge in [0, 0.05) is 26.2 Å². The van der Waals surface area contributed by atoms with E-state index in [0.29, 0.717) is 46.2 Å². The first-order valence-corrected chi connectivity index (χ1v) is 7.16. The molecule has 114 valence electrons. The summed E-state index contributed by atoms with van der Waals surface area (Å²) in [6.07, 6.45) is 0.198. The molecule has 0 bridgehead atoms. The van der Waals surface area contributed by atoms with Gasteiger partial charge in [0.1, 0.15) is 0 Å². The van der Waals surface area contributed by atoms with Gasteiger partial charge in [-0.1, -0.05) is 0 Å². The Bertz CT molecular complexity index is 177. The number of hydrogen-bond donors (Lipinski definition) is 2. The molecule has 1 heterocycles. The van der Waals surface area contributed by atoms with Gasteiger partial charge >= 0.3 is 0 Å². The molecular formula is C13H28N2O4. The van der Waals surface area contributed by atoms with E-state index in [2.05, 4.69) is 17.6 Å². The minimum atomic E-state index is 0.198. The van der Waals surface area contributed by atoms with Crippen molar-refractivity contribution < 1.29 is 18.9 Å². The van der Waals surface area contributed by atoms with E-state index in [1.54, 1.807) is 0 Å². The molecular weight excluding hydrogens is 248 g/mol. The fraction of sp³-hybridized carbons (Fsp3) is 1.00. The van der Waals surface area contributed by atoms with E-state index < -0.39 is 0 Å². The van der Waals surface area contributed by atoms with Crippen LogP contribution in [-0.4, -0.2) is 78.5 Å². The molecule has 0 aromatic heterocycles. The zero-order chi connectivity index (χ0) is 13.6. The van der Waals surface area contributed by atoms with Crippen molar-refractivity contribution in [1.29, 1.82) is 0 Å². The number of ether oxygens (including phenoxy) is 4. The van der Waals surface area contributed by atoms with Crippen LogP contribution in [0.2, 0.25) is 0 Å². The Morgan fingerprint density at radius 2 is 1.21 bits per heavy atom. The summed E-state index contributed by atoms with van der Waals surface area (Å²) in [6, 6.07) is 0. The summed E-state index contributed by atoms with van der Waals surface area (Å²) in [5.41, 5.74) is 0. The Balaban J connectivity index is 2.08. The average Bonchev–Trinajstić information content (AvgIpc) is 2.41. The lowest BCUT2D eigenvalue weighted by Gasteiger charge is -2.15. The van der Waals surface area contributed by atoms with E-state index in [1.165, 1.54) is 0 Å².